The fourth-order valence-corrected chi connectivity index (χ4v) is 3.01. The third-order valence-electron chi connectivity index (χ3n) is 4.20. The van der Waals surface area contributed by atoms with Crippen molar-refractivity contribution in [2.24, 2.45) is 5.92 Å². The number of aromatic nitrogens is 3. The second-order valence-corrected chi connectivity index (χ2v) is 5.73. The van der Waals surface area contributed by atoms with Crippen molar-refractivity contribution in [1.29, 1.82) is 0 Å². The smallest absolute Gasteiger partial charge is 0.340 e. The van der Waals surface area contributed by atoms with E-state index in [1.807, 2.05) is 4.90 Å². The van der Waals surface area contributed by atoms with E-state index in [1.54, 1.807) is 18.3 Å². The van der Waals surface area contributed by atoms with E-state index in [4.69, 9.17) is 0 Å². The molecule has 1 aromatic heterocycles. The van der Waals surface area contributed by atoms with E-state index < -0.39 is 11.7 Å². The first-order chi connectivity index (χ1) is 11.0. The fourth-order valence-electron chi connectivity index (χ4n) is 3.01. The lowest BCUT2D eigenvalue weighted by atomic mass is 9.88. The second-order valence-electron chi connectivity index (χ2n) is 5.73. The minimum Gasteiger partial charge on any atom is -0.340 e. The summed E-state index contributed by atoms with van der Waals surface area (Å²) in [5.74, 6) is 0.827. The highest BCUT2D eigenvalue weighted by Gasteiger charge is 2.33. The molecule has 0 unspecified atom stereocenters. The Bertz CT molecular complexity index is 637. The van der Waals surface area contributed by atoms with Gasteiger partial charge in [0.05, 0.1) is 18.0 Å². The SMILES string of the molecule is FC(F)(F)c1ccccc1CC1CCN(c2nccnn2)CC1. The van der Waals surface area contributed by atoms with Gasteiger partial charge in [-0.2, -0.15) is 18.3 Å². The van der Waals surface area contributed by atoms with Crippen molar-refractivity contribution in [1.82, 2.24) is 15.2 Å². The fraction of sp³-hybridized carbons (Fsp3) is 0.438. The lowest BCUT2D eigenvalue weighted by Crippen LogP contribution is -2.35. The molecule has 1 saturated heterocycles. The van der Waals surface area contributed by atoms with Crippen LogP contribution in [0.1, 0.15) is 24.0 Å². The predicted molar refractivity (Wildman–Crippen MR) is 79.9 cm³/mol. The molecular weight excluding hydrogens is 305 g/mol. The number of anilines is 1. The number of hydrogen-bond donors (Lipinski definition) is 0. The molecule has 0 bridgehead atoms. The third kappa shape index (κ3) is 3.78. The summed E-state index contributed by atoms with van der Waals surface area (Å²) in [6.45, 7) is 1.48. The van der Waals surface area contributed by atoms with Crippen LogP contribution in [-0.2, 0) is 12.6 Å². The van der Waals surface area contributed by atoms with Crippen LogP contribution in [0.3, 0.4) is 0 Å². The minimum absolute atomic E-state index is 0.242. The van der Waals surface area contributed by atoms with Crippen molar-refractivity contribution in [2.45, 2.75) is 25.4 Å². The van der Waals surface area contributed by atoms with Gasteiger partial charge in [-0.3, -0.25) is 0 Å². The molecule has 0 atom stereocenters. The van der Waals surface area contributed by atoms with Gasteiger partial charge in [-0.1, -0.05) is 18.2 Å². The lowest BCUT2D eigenvalue weighted by Gasteiger charge is -2.32. The van der Waals surface area contributed by atoms with Gasteiger partial charge in [-0.05, 0) is 36.8 Å². The predicted octanol–water partition coefficient (Wildman–Crippen LogP) is 3.35. The number of halogens is 3. The number of nitrogens with zero attached hydrogens (tertiary/aromatic N) is 4. The zero-order valence-corrected chi connectivity index (χ0v) is 12.5. The zero-order chi connectivity index (χ0) is 16.3. The quantitative estimate of drug-likeness (QED) is 0.869. The summed E-state index contributed by atoms with van der Waals surface area (Å²) in [4.78, 5) is 6.19. The van der Waals surface area contributed by atoms with Crippen LogP contribution >= 0.6 is 0 Å². The van der Waals surface area contributed by atoms with Gasteiger partial charge < -0.3 is 4.90 Å². The molecule has 1 aliphatic heterocycles. The van der Waals surface area contributed by atoms with E-state index in [0.29, 0.717) is 17.9 Å². The molecule has 1 fully saturated rings. The Hall–Kier alpha value is -2.18. The van der Waals surface area contributed by atoms with Gasteiger partial charge in [0, 0.05) is 13.1 Å². The molecule has 122 valence electrons. The maximum absolute atomic E-state index is 13.1. The first kappa shape index (κ1) is 15.7. The Labute approximate surface area is 132 Å². The molecule has 1 aromatic carbocycles. The van der Waals surface area contributed by atoms with Crippen LogP contribution in [0, 0.1) is 5.92 Å². The summed E-state index contributed by atoms with van der Waals surface area (Å²) in [6, 6.07) is 5.85. The molecule has 0 N–H and O–H groups in total. The van der Waals surface area contributed by atoms with Crippen LogP contribution in [0.25, 0.3) is 0 Å². The molecule has 23 heavy (non-hydrogen) atoms. The molecule has 2 heterocycles. The Morgan fingerprint density at radius 1 is 1.09 bits per heavy atom. The summed E-state index contributed by atoms with van der Waals surface area (Å²) in [5, 5.41) is 7.78. The van der Waals surface area contributed by atoms with Crippen LogP contribution in [0.15, 0.2) is 36.7 Å². The molecule has 1 aliphatic rings. The number of alkyl halides is 3. The van der Waals surface area contributed by atoms with Gasteiger partial charge in [0.15, 0.2) is 0 Å². The Balaban J connectivity index is 1.64. The van der Waals surface area contributed by atoms with Gasteiger partial charge in [0.1, 0.15) is 0 Å². The van der Waals surface area contributed by atoms with Crippen LogP contribution in [-0.4, -0.2) is 28.3 Å². The van der Waals surface area contributed by atoms with E-state index in [-0.39, 0.29) is 5.92 Å². The van der Waals surface area contributed by atoms with Crippen molar-refractivity contribution in [3.05, 3.63) is 47.8 Å². The number of piperidine rings is 1. The molecule has 2 aromatic rings. The van der Waals surface area contributed by atoms with Crippen molar-refractivity contribution in [3.8, 4) is 0 Å². The summed E-state index contributed by atoms with van der Waals surface area (Å²) < 4.78 is 39.2. The Kier molecular flexibility index (Phi) is 4.45. The molecule has 0 amide bonds. The van der Waals surface area contributed by atoms with Gasteiger partial charge in [0.2, 0.25) is 5.95 Å². The van der Waals surface area contributed by atoms with Gasteiger partial charge in [0.25, 0.3) is 0 Å². The highest BCUT2D eigenvalue weighted by molar-refractivity contribution is 5.31. The average molecular weight is 322 g/mol. The Morgan fingerprint density at radius 3 is 2.48 bits per heavy atom. The maximum atomic E-state index is 13.1. The van der Waals surface area contributed by atoms with Crippen molar-refractivity contribution < 1.29 is 13.2 Å². The van der Waals surface area contributed by atoms with Crippen LogP contribution in [0.2, 0.25) is 0 Å². The molecule has 0 spiro atoms. The van der Waals surface area contributed by atoms with Crippen LogP contribution in [0.5, 0.6) is 0 Å². The summed E-state index contributed by atoms with van der Waals surface area (Å²) >= 11 is 0. The van der Waals surface area contributed by atoms with Gasteiger partial charge in [-0.25, -0.2) is 4.98 Å². The standard InChI is InChI=1S/C16H17F3N4/c17-16(18,19)14-4-2-1-3-13(14)11-12-5-9-23(10-6-12)15-20-7-8-21-22-15/h1-4,7-8,12H,5-6,9-11H2. The van der Waals surface area contributed by atoms with Gasteiger partial charge in [-0.15, -0.1) is 5.10 Å². The monoisotopic (exact) mass is 322 g/mol. The van der Waals surface area contributed by atoms with Gasteiger partial charge >= 0.3 is 6.18 Å². The average Bonchev–Trinajstić information content (AvgIpc) is 2.56. The van der Waals surface area contributed by atoms with E-state index >= 15 is 0 Å². The third-order valence-corrected chi connectivity index (χ3v) is 4.20. The molecule has 0 radical (unpaired) electrons. The molecule has 0 saturated carbocycles. The summed E-state index contributed by atoms with van der Waals surface area (Å²) in [7, 11) is 0. The minimum atomic E-state index is -4.29. The molecule has 3 rings (SSSR count). The zero-order valence-electron chi connectivity index (χ0n) is 12.5. The van der Waals surface area contributed by atoms with Crippen molar-refractivity contribution in [2.75, 3.05) is 18.0 Å². The van der Waals surface area contributed by atoms with E-state index in [0.717, 1.165) is 32.0 Å². The van der Waals surface area contributed by atoms with E-state index in [9.17, 15) is 13.2 Å². The highest BCUT2D eigenvalue weighted by Crippen LogP contribution is 2.34. The molecule has 0 aliphatic carbocycles. The number of rotatable bonds is 3. The first-order valence-electron chi connectivity index (χ1n) is 7.58. The Morgan fingerprint density at radius 2 is 1.83 bits per heavy atom. The topological polar surface area (TPSA) is 41.9 Å². The summed E-state index contributed by atoms with van der Waals surface area (Å²) in [6.07, 6.45) is 0.922. The van der Waals surface area contributed by atoms with Crippen LogP contribution in [0.4, 0.5) is 19.1 Å². The van der Waals surface area contributed by atoms with Crippen molar-refractivity contribution >= 4 is 5.95 Å². The molecular formula is C16H17F3N4. The van der Waals surface area contributed by atoms with E-state index in [2.05, 4.69) is 15.2 Å². The van der Waals surface area contributed by atoms with Crippen molar-refractivity contribution in [3.63, 3.8) is 0 Å². The van der Waals surface area contributed by atoms with E-state index in [1.165, 1.54) is 12.3 Å². The number of hydrogen-bond acceptors (Lipinski definition) is 4. The molecule has 4 nitrogen and oxygen atoms in total. The lowest BCUT2D eigenvalue weighted by molar-refractivity contribution is -0.138. The maximum Gasteiger partial charge on any atom is 0.416 e. The first-order valence-corrected chi connectivity index (χ1v) is 7.58. The largest absolute Gasteiger partial charge is 0.416 e. The summed E-state index contributed by atoms with van der Waals surface area (Å²) in [5.41, 5.74) is -0.130. The highest BCUT2D eigenvalue weighted by atomic mass is 19.4. The second kappa shape index (κ2) is 6.52. The normalized spacial score (nSPS) is 16.6. The van der Waals surface area contributed by atoms with Crippen LogP contribution < -0.4 is 4.90 Å². The molecule has 7 heteroatoms. The number of benzene rings is 1.